The van der Waals surface area contributed by atoms with Gasteiger partial charge in [-0.1, -0.05) is 32.8 Å². The van der Waals surface area contributed by atoms with Crippen LogP contribution < -0.4 is 10.1 Å². The number of thiophene rings is 1. The Labute approximate surface area is 172 Å². The van der Waals surface area contributed by atoms with Crippen LogP contribution in [0.25, 0.3) is 0 Å². The molecule has 1 amide bonds. The van der Waals surface area contributed by atoms with Gasteiger partial charge in [0.15, 0.2) is 0 Å². The van der Waals surface area contributed by atoms with E-state index in [-0.39, 0.29) is 11.9 Å². The topological polar surface area (TPSA) is 41.6 Å². The van der Waals surface area contributed by atoms with Crippen molar-refractivity contribution in [2.75, 3.05) is 26.2 Å². The minimum atomic E-state index is -0.0215. The van der Waals surface area contributed by atoms with Crippen molar-refractivity contribution in [3.05, 3.63) is 52.2 Å². The number of likely N-dealkylation sites (tertiary alicyclic amines) is 1. The third-order valence-corrected chi connectivity index (χ3v) is 6.08. The summed E-state index contributed by atoms with van der Waals surface area (Å²) in [6.07, 6.45) is 5.11. The number of hydrogen-bond acceptors (Lipinski definition) is 4. The minimum absolute atomic E-state index is 0.0215. The van der Waals surface area contributed by atoms with Crippen LogP contribution in [0.2, 0.25) is 0 Å². The maximum absolute atomic E-state index is 12.7. The fourth-order valence-electron chi connectivity index (χ4n) is 3.55. The van der Waals surface area contributed by atoms with Crippen molar-refractivity contribution in [1.82, 2.24) is 10.2 Å². The van der Waals surface area contributed by atoms with E-state index in [9.17, 15) is 4.79 Å². The highest BCUT2D eigenvalue weighted by Crippen LogP contribution is 2.27. The number of carbonyl (C=O) groups excluding carboxylic acids is 1. The van der Waals surface area contributed by atoms with Gasteiger partial charge in [-0.3, -0.25) is 9.69 Å². The molecule has 1 aromatic carbocycles. The largest absolute Gasteiger partial charge is 0.493 e. The smallest absolute Gasteiger partial charge is 0.251 e. The number of nitrogens with zero attached hydrogens (tertiary/aromatic N) is 1. The van der Waals surface area contributed by atoms with Gasteiger partial charge in [0.2, 0.25) is 0 Å². The first-order valence-electron chi connectivity index (χ1n) is 10.4. The van der Waals surface area contributed by atoms with Gasteiger partial charge in [0.25, 0.3) is 5.91 Å². The zero-order chi connectivity index (χ0) is 19.8. The third-order valence-electron chi connectivity index (χ3n) is 5.11. The zero-order valence-electron chi connectivity index (χ0n) is 17.0. The molecule has 152 valence electrons. The summed E-state index contributed by atoms with van der Waals surface area (Å²) in [7, 11) is 0. The van der Waals surface area contributed by atoms with E-state index < -0.39 is 0 Å². The van der Waals surface area contributed by atoms with Crippen LogP contribution in [0.4, 0.5) is 0 Å². The summed E-state index contributed by atoms with van der Waals surface area (Å²) in [6.45, 7) is 7.79. The van der Waals surface area contributed by atoms with Crippen molar-refractivity contribution in [3.63, 3.8) is 0 Å². The van der Waals surface area contributed by atoms with Crippen molar-refractivity contribution in [2.45, 2.75) is 45.6 Å². The van der Waals surface area contributed by atoms with Gasteiger partial charge >= 0.3 is 0 Å². The molecule has 2 heterocycles. The summed E-state index contributed by atoms with van der Waals surface area (Å²) >= 11 is 1.78. The van der Waals surface area contributed by atoms with Gasteiger partial charge in [0.05, 0.1) is 12.6 Å². The molecule has 0 aliphatic carbocycles. The van der Waals surface area contributed by atoms with Crippen LogP contribution in [-0.2, 0) is 0 Å². The summed E-state index contributed by atoms with van der Waals surface area (Å²) < 4.78 is 5.70. The Bertz CT molecular complexity index is 705. The number of amides is 1. The molecule has 2 aromatic rings. The molecule has 0 saturated carbocycles. The first kappa shape index (κ1) is 20.9. The number of benzene rings is 1. The van der Waals surface area contributed by atoms with Crippen LogP contribution in [-0.4, -0.2) is 37.0 Å². The third kappa shape index (κ3) is 6.08. The molecule has 1 aliphatic rings. The lowest BCUT2D eigenvalue weighted by molar-refractivity contribution is 0.0934. The molecule has 5 heteroatoms. The minimum Gasteiger partial charge on any atom is -0.493 e. The molecule has 0 spiro atoms. The Morgan fingerprint density at radius 3 is 2.43 bits per heavy atom. The number of ether oxygens (including phenoxy) is 1. The molecule has 28 heavy (non-hydrogen) atoms. The summed E-state index contributed by atoms with van der Waals surface area (Å²) in [5.74, 6) is 1.27. The molecule has 3 rings (SSSR count). The lowest BCUT2D eigenvalue weighted by atomic mass is 10.1. The quantitative estimate of drug-likeness (QED) is 0.668. The highest BCUT2D eigenvalue weighted by Gasteiger charge is 2.23. The van der Waals surface area contributed by atoms with Gasteiger partial charge in [-0.15, -0.1) is 11.3 Å². The van der Waals surface area contributed by atoms with E-state index in [1.165, 1.54) is 30.6 Å². The fraction of sp³-hybridized carbons (Fsp3) is 0.522. The van der Waals surface area contributed by atoms with E-state index in [4.69, 9.17) is 4.74 Å². The maximum Gasteiger partial charge on any atom is 0.251 e. The molecule has 4 nitrogen and oxygen atoms in total. The standard InChI is InChI=1S/C23H32N2O2S/c1-18(2)17-27-20-11-9-19(10-12-20)23(26)24-16-21(22-8-7-15-28-22)25-13-5-3-4-6-14-25/h7-12,15,18,21H,3-6,13-14,16-17H2,1-2H3,(H,24,26). The van der Waals surface area contributed by atoms with E-state index in [1.54, 1.807) is 11.3 Å². The second-order valence-corrected chi connectivity index (χ2v) is 8.90. The number of rotatable bonds is 8. The molecule has 1 unspecified atom stereocenters. The van der Waals surface area contributed by atoms with Crippen LogP contribution in [0, 0.1) is 5.92 Å². The Morgan fingerprint density at radius 1 is 1.11 bits per heavy atom. The average molecular weight is 401 g/mol. The van der Waals surface area contributed by atoms with Crippen molar-refractivity contribution in [3.8, 4) is 5.75 Å². The Morgan fingerprint density at radius 2 is 1.82 bits per heavy atom. The van der Waals surface area contributed by atoms with E-state index in [2.05, 4.69) is 41.6 Å². The van der Waals surface area contributed by atoms with Crippen LogP contribution in [0.3, 0.4) is 0 Å². The average Bonchev–Trinajstić information content (AvgIpc) is 3.09. The van der Waals surface area contributed by atoms with Gasteiger partial charge in [-0.05, 0) is 67.6 Å². The summed E-state index contributed by atoms with van der Waals surface area (Å²) in [4.78, 5) is 16.6. The first-order valence-corrected chi connectivity index (χ1v) is 11.3. The number of hydrogen-bond donors (Lipinski definition) is 1. The molecule has 1 aromatic heterocycles. The predicted octanol–water partition coefficient (Wildman–Crippen LogP) is 5.13. The molecule has 1 saturated heterocycles. The summed E-state index contributed by atoms with van der Waals surface area (Å²) in [6, 6.07) is 12.0. The van der Waals surface area contributed by atoms with E-state index in [0.29, 0.717) is 24.6 Å². The van der Waals surface area contributed by atoms with Gasteiger partial charge in [-0.25, -0.2) is 0 Å². The number of carbonyl (C=O) groups is 1. The van der Waals surface area contributed by atoms with Gasteiger partial charge < -0.3 is 10.1 Å². The van der Waals surface area contributed by atoms with Crippen molar-refractivity contribution in [1.29, 1.82) is 0 Å². The number of nitrogens with one attached hydrogen (secondary N) is 1. The van der Waals surface area contributed by atoms with Crippen molar-refractivity contribution < 1.29 is 9.53 Å². The molecule has 0 radical (unpaired) electrons. The summed E-state index contributed by atoms with van der Waals surface area (Å²) in [5.41, 5.74) is 0.678. The maximum atomic E-state index is 12.7. The Kier molecular flexibility index (Phi) is 7.92. The van der Waals surface area contributed by atoms with Crippen LogP contribution in [0.5, 0.6) is 5.75 Å². The summed E-state index contributed by atoms with van der Waals surface area (Å²) in [5, 5.41) is 5.28. The van der Waals surface area contributed by atoms with Gasteiger partial charge in [-0.2, -0.15) is 0 Å². The van der Waals surface area contributed by atoms with Crippen LogP contribution >= 0.6 is 11.3 Å². The molecule has 1 atom stereocenters. The molecular formula is C23H32N2O2S. The molecule has 0 bridgehead atoms. The van der Waals surface area contributed by atoms with Crippen molar-refractivity contribution >= 4 is 17.2 Å². The predicted molar refractivity (Wildman–Crippen MR) is 116 cm³/mol. The molecule has 1 aliphatic heterocycles. The second-order valence-electron chi connectivity index (χ2n) is 7.92. The van der Waals surface area contributed by atoms with E-state index in [1.807, 2.05) is 24.3 Å². The highest BCUT2D eigenvalue weighted by molar-refractivity contribution is 7.10. The van der Waals surface area contributed by atoms with Gasteiger partial charge in [0.1, 0.15) is 5.75 Å². The molecular weight excluding hydrogens is 368 g/mol. The first-order chi connectivity index (χ1) is 13.6. The monoisotopic (exact) mass is 400 g/mol. The normalized spacial score (nSPS) is 16.5. The highest BCUT2D eigenvalue weighted by atomic mass is 32.1. The van der Waals surface area contributed by atoms with E-state index in [0.717, 1.165) is 18.8 Å². The molecule has 1 fully saturated rings. The lowest BCUT2D eigenvalue weighted by Gasteiger charge is -2.30. The van der Waals surface area contributed by atoms with Gasteiger partial charge in [0, 0.05) is 17.0 Å². The zero-order valence-corrected chi connectivity index (χ0v) is 17.8. The van der Waals surface area contributed by atoms with Crippen molar-refractivity contribution in [2.24, 2.45) is 5.92 Å². The SMILES string of the molecule is CC(C)COc1ccc(C(=O)NCC(c2cccs2)N2CCCCCC2)cc1. The molecule has 1 N–H and O–H groups in total. The van der Waals surface area contributed by atoms with Crippen LogP contribution in [0.1, 0.15) is 60.8 Å². The fourth-order valence-corrected chi connectivity index (χ4v) is 4.42. The van der Waals surface area contributed by atoms with E-state index >= 15 is 0 Å². The second kappa shape index (κ2) is 10.6. The van der Waals surface area contributed by atoms with Crippen LogP contribution in [0.15, 0.2) is 41.8 Å². The Hall–Kier alpha value is -1.85. The lowest BCUT2D eigenvalue weighted by Crippen LogP contribution is -2.38. The Balaban J connectivity index is 1.60.